The first-order valence-corrected chi connectivity index (χ1v) is 9.96. The van der Waals surface area contributed by atoms with Crippen LogP contribution in [0.4, 0.5) is 5.82 Å². The highest BCUT2D eigenvalue weighted by Gasteiger charge is 2.17. The molecule has 0 bridgehead atoms. The van der Waals surface area contributed by atoms with Crippen molar-refractivity contribution in [3.05, 3.63) is 36.2 Å². The molecule has 3 heterocycles. The smallest absolute Gasteiger partial charge is 0.222 e. The first-order valence-electron chi connectivity index (χ1n) is 9.14. The van der Waals surface area contributed by atoms with Crippen LogP contribution in [0, 0.1) is 5.92 Å². The number of carbonyl (C=O) groups is 1. The molecule has 28 heavy (non-hydrogen) atoms. The molecule has 0 spiro atoms. The van der Waals surface area contributed by atoms with Gasteiger partial charge in [-0.25, -0.2) is 15.0 Å². The van der Waals surface area contributed by atoms with E-state index in [4.69, 9.17) is 4.98 Å². The van der Waals surface area contributed by atoms with E-state index in [0.29, 0.717) is 12.2 Å². The number of aryl methyl sites for hydroxylation is 1. The molecule has 8 heteroatoms. The summed E-state index contributed by atoms with van der Waals surface area (Å²) in [5.41, 5.74) is 4.69. The molecule has 0 saturated heterocycles. The van der Waals surface area contributed by atoms with Gasteiger partial charge in [0.1, 0.15) is 15.2 Å². The number of thiazole rings is 1. The number of amides is 1. The van der Waals surface area contributed by atoms with Crippen LogP contribution < -0.4 is 10.6 Å². The predicted molar refractivity (Wildman–Crippen MR) is 113 cm³/mol. The van der Waals surface area contributed by atoms with Crippen LogP contribution in [-0.2, 0) is 18.4 Å². The normalized spacial score (nSPS) is 11.5. The summed E-state index contributed by atoms with van der Waals surface area (Å²) in [6.07, 6.45) is 1.80. The van der Waals surface area contributed by atoms with Crippen LogP contribution in [0.1, 0.15) is 19.4 Å². The molecule has 144 valence electrons. The molecular formula is C20H22N6OS. The molecule has 0 aliphatic heterocycles. The zero-order valence-corrected chi connectivity index (χ0v) is 17.1. The van der Waals surface area contributed by atoms with Gasteiger partial charge in [-0.3, -0.25) is 4.79 Å². The van der Waals surface area contributed by atoms with Crippen molar-refractivity contribution < 1.29 is 4.79 Å². The van der Waals surface area contributed by atoms with Crippen molar-refractivity contribution in [3.63, 3.8) is 0 Å². The number of aromatic nitrogens is 4. The fourth-order valence-corrected chi connectivity index (χ4v) is 4.13. The second-order valence-corrected chi connectivity index (χ2v) is 8.00. The summed E-state index contributed by atoms with van der Waals surface area (Å²) in [6, 6.07) is 8.12. The van der Waals surface area contributed by atoms with Gasteiger partial charge in [0.05, 0.1) is 11.8 Å². The Morgan fingerprint density at radius 1 is 1.21 bits per heavy atom. The van der Waals surface area contributed by atoms with E-state index in [0.717, 1.165) is 37.7 Å². The van der Waals surface area contributed by atoms with E-state index in [2.05, 4.69) is 20.6 Å². The molecule has 2 N–H and O–H groups in total. The maximum Gasteiger partial charge on any atom is 0.222 e. The van der Waals surface area contributed by atoms with Crippen LogP contribution in [0.15, 0.2) is 30.6 Å². The molecule has 0 radical (unpaired) electrons. The van der Waals surface area contributed by atoms with Crippen molar-refractivity contribution in [1.29, 1.82) is 0 Å². The summed E-state index contributed by atoms with van der Waals surface area (Å²) in [6.45, 7) is 4.30. The van der Waals surface area contributed by atoms with Gasteiger partial charge in [0.15, 0.2) is 11.5 Å². The number of hydrogen-bond donors (Lipinski definition) is 2. The van der Waals surface area contributed by atoms with Crippen LogP contribution >= 0.6 is 11.3 Å². The minimum Gasteiger partial charge on any atom is -0.371 e. The average Bonchev–Trinajstić information content (AvgIpc) is 3.29. The van der Waals surface area contributed by atoms with Crippen LogP contribution in [0.2, 0.25) is 0 Å². The zero-order valence-electron chi connectivity index (χ0n) is 16.3. The van der Waals surface area contributed by atoms with Crippen molar-refractivity contribution in [2.24, 2.45) is 13.0 Å². The van der Waals surface area contributed by atoms with Crippen molar-refractivity contribution >= 4 is 44.4 Å². The topological polar surface area (TPSA) is 84.7 Å². The van der Waals surface area contributed by atoms with Crippen molar-refractivity contribution in [3.8, 4) is 10.6 Å². The Balaban J connectivity index is 1.67. The number of nitrogens with one attached hydrogen (secondary N) is 2. The summed E-state index contributed by atoms with van der Waals surface area (Å²) >= 11 is 1.61. The van der Waals surface area contributed by atoms with Gasteiger partial charge in [0.2, 0.25) is 5.91 Å². The summed E-state index contributed by atoms with van der Waals surface area (Å²) in [7, 11) is 3.82. The maximum absolute atomic E-state index is 11.7. The number of imidazole rings is 1. The lowest BCUT2D eigenvalue weighted by Crippen LogP contribution is -2.27. The molecule has 0 aliphatic carbocycles. The quantitative estimate of drug-likeness (QED) is 0.541. The third kappa shape index (κ3) is 3.20. The van der Waals surface area contributed by atoms with E-state index in [9.17, 15) is 4.79 Å². The molecular weight excluding hydrogens is 372 g/mol. The average molecular weight is 395 g/mol. The number of pyridine rings is 1. The fourth-order valence-electron chi connectivity index (χ4n) is 3.03. The Hall–Kier alpha value is -3.00. The highest BCUT2D eigenvalue weighted by atomic mass is 32.1. The molecule has 0 saturated carbocycles. The highest BCUT2D eigenvalue weighted by molar-refractivity contribution is 7.22. The second kappa shape index (κ2) is 7.20. The molecule has 4 aromatic rings. The largest absolute Gasteiger partial charge is 0.371 e. The fraction of sp³-hybridized carbons (Fsp3) is 0.300. The molecule has 1 amide bonds. The lowest BCUT2D eigenvalue weighted by molar-refractivity contribution is -0.124. The number of carbonyl (C=O) groups excluding carboxylic acids is 1. The summed E-state index contributed by atoms with van der Waals surface area (Å²) in [4.78, 5) is 25.6. The number of fused-ring (bicyclic) bond motifs is 3. The van der Waals surface area contributed by atoms with Gasteiger partial charge >= 0.3 is 0 Å². The molecule has 7 nitrogen and oxygen atoms in total. The van der Waals surface area contributed by atoms with E-state index in [1.807, 2.05) is 56.8 Å². The van der Waals surface area contributed by atoms with Crippen LogP contribution in [0.5, 0.6) is 0 Å². The number of rotatable bonds is 5. The molecule has 0 fully saturated rings. The van der Waals surface area contributed by atoms with Crippen molar-refractivity contribution in [1.82, 2.24) is 24.8 Å². The third-order valence-corrected chi connectivity index (χ3v) is 5.73. The summed E-state index contributed by atoms with van der Waals surface area (Å²) in [5.74, 6) is 0.777. The number of anilines is 1. The second-order valence-electron chi connectivity index (χ2n) is 7.00. The maximum atomic E-state index is 11.7. The van der Waals surface area contributed by atoms with Gasteiger partial charge in [-0.15, -0.1) is 11.3 Å². The first kappa shape index (κ1) is 18.4. The Kier molecular flexibility index (Phi) is 4.72. The van der Waals surface area contributed by atoms with E-state index in [-0.39, 0.29) is 11.8 Å². The number of hydrogen-bond acceptors (Lipinski definition) is 6. The Morgan fingerprint density at radius 2 is 1.96 bits per heavy atom. The van der Waals surface area contributed by atoms with E-state index in [1.165, 1.54) is 0 Å². The van der Waals surface area contributed by atoms with E-state index in [1.54, 1.807) is 17.7 Å². The van der Waals surface area contributed by atoms with Crippen LogP contribution in [-0.4, -0.2) is 32.5 Å². The molecule has 0 atom stereocenters. The van der Waals surface area contributed by atoms with Gasteiger partial charge in [-0.05, 0) is 5.56 Å². The molecule has 0 aliphatic rings. The lowest BCUT2D eigenvalue weighted by Gasteiger charge is -2.07. The SMILES string of the molecule is CNc1nc2nc(-c3ccc(CNC(=O)C(C)C)cc3)sc2c2c1ncn2C. The first-order chi connectivity index (χ1) is 13.5. The van der Waals surface area contributed by atoms with Crippen LogP contribution in [0.25, 0.3) is 32.0 Å². The standard InChI is InChI=1S/C20H22N6OS/c1-11(2)19(27)22-9-12-5-7-13(8-6-12)20-25-18-16(28-20)15-14(17(21-3)24-18)23-10-26(15)4/h5-8,10-11H,9H2,1-4H3,(H,21,24)(H,22,27). The highest BCUT2D eigenvalue weighted by Crippen LogP contribution is 2.35. The zero-order chi connectivity index (χ0) is 19.8. The minimum atomic E-state index is -0.0131. The molecule has 3 aromatic heterocycles. The number of benzene rings is 1. The Labute approximate surface area is 166 Å². The van der Waals surface area contributed by atoms with Crippen molar-refractivity contribution in [2.45, 2.75) is 20.4 Å². The van der Waals surface area contributed by atoms with Gasteiger partial charge in [0, 0.05) is 32.1 Å². The third-order valence-electron chi connectivity index (χ3n) is 4.63. The van der Waals surface area contributed by atoms with Gasteiger partial charge in [-0.1, -0.05) is 38.1 Å². The molecule has 0 unspecified atom stereocenters. The molecule has 1 aromatic carbocycles. The van der Waals surface area contributed by atoms with Gasteiger partial charge < -0.3 is 15.2 Å². The monoisotopic (exact) mass is 394 g/mol. The van der Waals surface area contributed by atoms with E-state index >= 15 is 0 Å². The molecule has 4 rings (SSSR count). The van der Waals surface area contributed by atoms with Gasteiger partial charge in [-0.2, -0.15) is 0 Å². The van der Waals surface area contributed by atoms with Gasteiger partial charge in [0.25, 0.3) is 0 Å². The van der Waals surface area contributed by atoms with Crippen molar-refractivity contribution in [2.75, 3.05) is 12.4 Å². The Morgan fingerprint density at radius 3 is 2.64 bits per heavy atom. The predicted octanol–water partition coefficient (Wildman–Crippen LogP) is 3.56. The lowest BCUT2D eigenvalue weighted by atomic mass is 10.1. The summed E-state index contributed by atoms with van der Waals surface area (Å²) < 4.78 is 3.03. The number of nitrogens with zero attached hydrogens (tertiary/aromatic N) is 4. The minimum absolute atomic E-state index is 0.0131. The van der Waals surface area contributed by atoms with E-state index < -0.39 is 0 Å². The Bertz CT molecular complexity index is 1160. The van der Waals surface area contributed by atoms with Crippen LogP contribution in [0.3, 0.4) is 0 Å². The summed E-state index contributed by atoms with van der Waals surface area (Å²) in [5, 5.41) is 6.96.